The molecule has 1 aliphatic carbocycles. The summed E-state index contributed by atoms with van der Waals surface area (Å²) < 4.78 is 25.6. The standard InChI is InChI=1S/C24H26Cl2FNO3/c1-14(16-8-17(25)10-18(26)9-16)28-7-3-4-19(13-28)31-23-12-22(27)21(24(29)30-2)11-20(23)15-5-6-15/h8-12,14-15,19H,3-7,13H2,1-2H3/t14?,19-/m1/s1. The Labute approximate surface area is 192 Å². The zero-order chi connectivity index (χ0) is 22.1. The van der Waals surface area contributed by atoms with E-state index in [1.807, 2.05) is 12.1 Å². The van der Waals surface area contributed by atoms with Crippen LogP contribution >= 0.6 is 23.2 Å². The first-order valence-electron chi connectivity index (χ1n) is 10.6. The van der Waals surface area contributed by atoms with Gasteiger partial charge in [0, 0.05) is 28.7 Å². The van der Waals surface area contributed by atoms with Gasteiger partial charge in [0.05, 0.1) is 12.7 Å². The first kappa shape index (κ1) is 22.4. The highest BCUT2D eigenvalue weighted by molar-refractivity contribution is 6.34. The van der Waals surface area contributed by atoms with Crippen LogP contribution in [0.15, 0.2) is 30.3 Å². The molecule has 4 nitrogen and oxygen atoms in total. The minimum atomic E-state index is -0.663. The van der Waals surface area contributed by atoms with Crippen LogP contribution in [0.1, 0.15) is 66.1 Å². The van der Waals surface area contributed by atoms with Crippen LogP contribution in [0.3, 0.4) is 0 Å². The summed E-state index contributed by atoms with van der Waals surface area (Å²) in [4.78, 5) is 14.2. The van der Waals surface area contributed by atoms with Crippen LogP contribution in [0, 0.1) is 5.82 Å². The highest BCUT2D eigenvalue weighted by atomic mass is 35.5. The Balaban J connectivity index is 1.52. The van der Waals surface area contributed by atoms with Crippen molar-refractivity contribution in [3.63, 3.8) is 0 Å². The lowest BCUT2D eigenvalue weighted by molar-refractivity contribution is 0.0593. The van der Waals surface area contributed by atoms with E-state index in [-0.39, 0.29) is 17.7 Å². The fourth-order valence-corrected chi connectivity index (χ4v) is 4.82. The zero-order valence-electron chi connectivity index (χ0n) is 17.7. The maximum atomic E-state index is 14.6. The molecule has 1 unspecified atom stereocenters. The van der Waals surface area contributed by atoms with Gasteiger partial charge in [0.1, 0.15) is 17.7 Å². The Morgan fingerprint density at radius 3 is 2.48 bits per heavy atom. The van der Waals surface area contributed by atoms with Crippen LogP contribution in [0.2, 0.25) is 10.0 Å². The van der Waals surface area contributed by atoms with Gasteiger partial charge in [-0.1, -0.05) is 23.2 Å². The van der Waals surface area contributed by atoms with Crippen molar-refractivity contribution in [1.29, 1.82) is 0 Å². The predicted molar refractivity (Wildman–Crippen MR) is 120 cm³/mol. The van der Waals surface area contributed by atoms with E-state index < -0.39 is 11.8 Å². The van der Waals surface area contributed by atoms with E-state index in [2.05, 4.69) is 11.8 Å². The lowest BCUT2D eigenvalue weighted by Gasteiger charge is -2.37. The van der Waals surface area contributed by atoms with Crippen LogP contribution < -0.4 is 4.74 Å². The Bertz CT molecular complexity index is 959. The predicted octanol–water partition coefficient (Wildman–Crippen LogP) is 6.40. The third-order valence-electron chi connectivity index (χ3n) is 6.14. The van der Waals surface area contributed by atoms with Gasteiger partial charge >= 0.3 is 5.97 Å². The smallest absolute Gasteiger partial charge is 0.340 e. The van der Waals surface area contributed by atoms with Crippen molar-refractivity contribution in [1.82, 2.24) is 4.90 Å². The molecule has 2 aliphatic rings. The fraction of sp³-hybridized carbons (Fsp3) is 0.458. The number of benzene rings is 2. The molecule has 1 heterocycles. The number of rotatable bonds is 6. The Morgan fingerprint density at radius 2 is 1.84 bits per heavy atom. The molecule has 0 radical (unpaired) electrons. The summed E-state index contributed by atoms with van der Waals surface area (Å²) in [6, 6.07) is 8.69. The van der Waals surface area contributed by atoms with Gasteiger partial charge in [-0.15, -0.1) is 0 Å². The van der Waals surface area contributed by atoms with Crippen LogP contribution in [0.25, 0.3) is 0 Å². The number of ether oxygens (including phenoxy) is 2. The largest absolute Gasteiger partial charge is 0.489 e. The second-order valence-corrected chi connectivity index (χ2v) is 9.26. The average Bonchev–Trinajstić information content (AvgIpc) is 3.57. The van der Waals surface area contributed by atoms with E-state index in [4.69, 9.17) is 32.7 Å². The second kappa shape index (κ2) is 9.35. The number of esters is 1. The quantitative estimate of drug-likeness (QED) is 0.462. The van der Waals surface area contributed by atoms with Gasteiger partial charge in [-0.2, -0.15) is 0 Å². The maximum Gasteiger partial charge on any atom is 0.340 e. The summed E-state index contributed by atoms with van der Waals surface area (Å²) >= 11 is 12.4. The summed E-state index contributed by atoms with van der Waals surface area (Å²) in [5, 5.41) is 1.24. The summed E-state index contributed by atoms with van der Waals surface area (Å²) in [5.41, 5.74) is 1.92. The van der Waals surface area contributed by atoms with E-state index in [1.54, 1.807) is 12.1 Å². The third kappa shape index (κ3) is 5.16. The topological polar surface area (TPSA) is 38.8 Å². The lowest BCUT2D eigenvalue weighted by Crippen LogP contribution is -2.42. The van der Waals surface area contributed by atoms with Crippen molar-refractivity contribution in [2.45, 2.75) is 50.7 Å². The van der Waals surface area contributed by atoms with E-state index in [9.17, 15) is 9.18 Å². The summed E-state index contributed by atoms with van der Waals surface area (Å²) in [6.07, 6.45) is 3.85. The fourth-order valence-electron chi connectivity index (χ4n) is 4.27. The number of hydrogen-bond acceptors (Lipinski definition) is 4. The van der Waals surface area contributed by atoms with Gasteiger partial charge < -0.3 is 9.47 Å². The first-order valence-corrected chi connectivity index (χ1v) is 11.4. The van der Waals surface area contributed by atoms with Crippen molar-refractivity contribution in [2.75, 3.05) is 20.2 Å². The van der Waals surface area contributed by atoms with Crippen molar-refractivity contribution in [2.24, 2.45) is 0 Å². The lowest BCUT2D eigenvalue weighted by atomic mass is 10.0. The molecular formula is C24H26Cl2FNO3. The number of carbonyl (C=O) groups excluding carboxylic acids is 1. The monoisotopic (exact) mass is 465 g/mol. The molecule has 1 saturated carbocycles. The van der Waals surface area contributed by atoms with Crippen molar-refractivity contribution in [3.05, 3.63) is 62.9 Å². The molecular weight excluding hydrogens is 440 g/mol. The Kier molecular flexibility index (Phi) is 6.75. The number of hydrogen-bond donors (Lipinski definition) is 0. The van der Waals surface area contributed by atoms with Gasteiger partial charge in [-0.3, -0.25) is 4.90 Å². The minimum Gasteiger partial charge on any atom is -0.489 e. The molecule has 1 aliphatic heterocycles. The van der Waals surface area contributed by atoms with Crippen molar-refractivity contribution < 1.29 is 18.7 Å². The molecule has 0 N–H and O–H groups in total. The molecule has 2 aromatic rings. The third-order valence-corrected chi connectivity index (χ3v) is 6.58. The van der Waals surface area contributed by atoms with E-state index in [0.717, 1.165) is 49.9 Å². The van der Waals surface area contributed by atoms with Crippen LogP contribution in [0.4, 0.5) is 4.39 Å². The van der Waals surface area contributed by atoms with Gasteiger partial charge in [0.25, 0.3) is 0 Å². The highest BCUT2D eigenvalue weighted by Gasteiger charge is 2.32. The summed E-state index contributed by atoms with van der Waals surface area (Å²) in [7, 11) is 1.26. The summed E-state index contributed by atoms with van der Waals surface area (Å²) in [5.74, 6) is -0.422. The summed E-state index contributed by atoms with van der Waals surface area (Å²) in [6.45, 7) is 3.79. The number of halogens is 3. The number of carbonyl (C=O) groups is 1. The second-order valence-electron chi connectivity index (χ2n) is 8.39. The molecule has 0 spiro atoms. The molecule has 31 heavy (non-hydrogen) atoms. The van der Waals surface area contributed by atoms with Gasteiger partial charge in [0.2, 0.25) is 0 Å². The van der Waals surface area contributed by atoms with Crippen molar-refractivity contribution in [3.8, 4) is 5.75 Å². The molecule has 166 valence electrons. The molecule has 1 saturated heterocycles. The molecule has 7 heteroatoms. The number of likely N-dealkylation sites (tertiary alicyclic amines) is 1. The SMILES string of the molecule is COC(=O)c1cc(C2CC2)c(O[C@@H]2CCCN(C(C)c3cc(Cl)cc(Cl)c3)C2)cc1F. The minimum absolute atomic E-state index is 0.0338. The van der Waals surface area contributed by atoms with Crippen LogP contribution in [-0.4, -0.2) is 37.2 Å². The zero-order valence-corrected chi connectivity index (χ0v) is 19.2. The molecule has 2 atom stereocenters. The highest BCUT2D eigenvalue weighted by Crippen LogP contribution is 2.45. The number of nitrogens with zero attached hydrogens (tertiary/aromatic N) is 1. The van der Waals surface area contributed by atoms with E-state index in [0.29, 0.717) is 21.7 Å². The van der Waals surface area contributed by atoms with Gasteiger partial charge in [0.15, 0.2) is 0 Å². The maximum absolute atomic E-state index is 14.6. The average molecular weight is 466 g/mol. The molecule has 2 fully saturated rings. The van der Waals surface area contributed by atoms with Gasteiger partial charge in [-0.25, -0.2) is 9.18 Å². The number of methoxy groups -OCH3 is 1. The van der Waals surface area contributed by atoms with Gasteiger partial charge in [-0.05, 0) is 80.5 Å². The van der Waals surface area contributed by atoms with E-state index >= 15 is 0 Å². The molecule has 0 bridgehead atoms. The Hall–Kier alpha value is -1.82. The van der Waals surface area contributed by atoms with Crippen molar-refractivity contribution >= 4 is 29.2 Å². The number of piperidine rings is 1. The molecule has 0 amide bonds. The normalized spacial score (nSPS) is 20.4. The Morgan fingerprint density at radius 1 is 1.13 bits per heavy atom. The molecule has 2 aromatic carbocycles. The first-order chi connectivity index (χ1) is 14.9. The van der Waals surface area contributed by atoms with E-state index in [1.165, 1.54) is 13.2 Å². The molecule has 0 aromatic heterocycles. The van der Waals surface area contributed by atoms with Crippen LogP contribution in [0.5, 0.6) is 5.75 Å². The molecule has 4 rings (SSSR count). The van der Waals surface area contributed by atoms with Crippen LogP contribution in [-0.2, 0) is 4.74 Å².